The summed E-state index contributed by atoms with van der Waals surface area (Å²) in [6, 6.07) is 13.2. The van der Waals surface area contributed by atoms with Gasteiger partial charge in [-0.1, -0.05) is 42.5 Å². The lowest BCUT2D eigenvalue weighted by atomic mass is 10.1. The van der Waals surface area contributed by atoms with Crippen molar-refractivity contribution >= 4 is 22.4 Å². The van der Waals surface area contributed by atoms with Crippen molar-refractivity contribution in [3.8, 4) is 5.75 Å². The van der Waals surface area contributed by atoms with Crippen molar-refractivity contribution < 1.29 is 9.13 Å². The Balaban J connectivity index is 1.68. The molecule has 4 rings (SSSR count). The Labute approximate surface area is 174 Å². The molecule has 0 aliphatic rings. The predicted molar refractivity (Wildman–Crippen MR) is 114 cm³/mol. The third-order valence-electron chi connectivity index (χ3n) is 4.39. The molecule has 0 radical (unpaired) electrons. The molecule has 6 nitrogen and oxygen atoms in total. The number of nitrogens with zero attached hydrogens (tertiary/aromatic N) is 3. The van der Waals surface area contributed by atoms with Crippen molar-refractivity contribution in [2.24, 2.45) is 0 Å². The van der Waals surface area contributed by atoms with E-state index in [2.05, 4.69) is 10.1 Å². The van der Waals surface area contributed by atoms with Gasteiger partial charge in [0, 0.05) is 6.42 Å². The molecule has 30 heavy (non-hydrogen) atoms. The number of hydrogen-bond acceptors (Lipinski definition) is 6. The van der Waals surface area contributed by atoms with Gasteiger partial charge in [-0.2, -0.15) is 14.6 Å². The molecule has 0 amide bonds. The quantitative estimate of drug-likeness (QED) is 0.477. The number of aromatic nitrogens is 3. The zero-order chi connectivity index (χ0) is 21.1. The number of halogens is 1. The van der Waals surface area contributed by atoms with Crippen LogP contribution in [0.25, 0.3) is 11.0 Å². The van der Waals surface area contributed by atoms with Crippen molar-refractivity contribution in [2.45, 2.75) is 19.8 Å². The maximum Gasteiger partial charge on any atom is 0.296 e. The van der Waals surface area contributed by atoms with Crippen LogP contribution in [0.1, 0.15) is 30.2 Å². The van der Waals surface area contributed by atoms with E-state index in [9.17, 15) is 14.0 Å². The second kappa shape index (κ2) is 8.54. The van der Waals surface area contributed by atoms with Gasteiger partial charge in [-0.15, -0.1) is 0 Å². The average Bonchev–Trinajstić information content (AvgIpc) is 3.04. The number of hydrogen-bond donors (Lipinski definition) is 0. The number of benzene rings is 2. The highest BCUT2D eigenvalue weighted by atomic mass is 32.1. The van der Waals surface area contributed by atoms with E-state index in [1.807, 2.05) is 31.2 Å². The van der Waals surface area contributed by atoms with Crippen molar-refractivity contribution in [1.82, 2.24) is 14.6 Å². The number of thiazole rings is 1. The minimum atomic E-state index is -0.496. The molecule has 0 aliphatic carbocycles. The van der Waals surface area contributed by atoms with Gasteiger partial charge in [0.2, 0.25) is 4.96 Å². The maximum absolute atomic E-state index is 13.1. The summed E-state index contributed by atoms with van der Waals surface area (Å²) in [5, 5.41) is 4.21. The Morgan fingerprint density at radius 2 is 1.83 bits per heavy atom. The highest BCUT2D eigenvalue weighted by Crippen LogP contribution is 2.13. The topological polar surface area (TPSA) is 73.6 Å². The molecule has 0 N–H and O–H groups in total. The molecule has 0 fully saturated rings. The maximum atomic E-state index is 13.1. The van der Waals surface area contributed by atoms with Gasteiger partial charge in [-0.05, 0) is 47.9 Å². The molecule has 0 bridgehead atoms. The lowest BCUT2D eigenvalue weighted by molar-refractivity contribution is 0.317. The number of fused-ring (bicyclic) bond motifs is 1. The molecular formula is C22H18FN3O3S. The largest absolute Gasteiger partial charge is 0.494 e. The van der Waals surface area contributed by atoms with E-state index < -0.39 is 5.56 Å². The number of ether oxygens (including phenoxy) is 1. The number of rotatable bonds is 6. The van der Waals surface area contributed by atoms with Gasteiger partial charge in [0.15, 0.2) is 0 Å². The van der Waals surface area contributed by atoms with E-state index in [4.69, 9.17) is 4.74 Å². The average molecular weight is 423 g/mol. The molecule has 0 spiro atoms. The summed E-state index contributed by atoms with van der Waals surface area (Å²) in [7, 11) is 0. The second-order valence-corrected chi connectivity index (χ2v) is 7.70. The van der Waals surface area contributed by atoms with Gasteiger partial charge in [0.25, 0.3) is 11.1 Å². The van der Waals surface area contributed by atoms with Crippen LogP contribution >= 0.6 is 11.3 Å². The Kier molecular flexibility index (Phi) is 5.67. The van der Waals surface area contributed by atoms with Crippen molar-refractivity contribution in [3.05, 3.63) is 96.4 Å². The third kappa shape index (κ3) is 4.28. The van der Waals surface area contributed by atoms with Gasteiger partial charge >= 0.3 is 0 Å². The van der Waals surface area contributed by atoms with Crippen LogP contribution in [0.5, 0.6) is 5.75 Å². The van der Waals surface area contributed by atoms with Crippen molar-refractivity contribution in [1.29, 1.82) is 0 Å². The van der Waals surface area contributed by atoms with Gasteiger partial charge in [0.05, 0.1) is 11.1 Å². The summed E-state index contributed by atoms with van der Waals surface area (Å²) in [6.45, 7) is 2.69. The summed E-state index contributed by atoms with van der Waals surface area (Å²) in [5.74, 6) is 0.411. The normalized spacial score (nSPS) is 11.9. The fraction of sp³-hybridized carbons (Fsp3) is 0.182. The summed E-state index contributed by atoms with van der Waals surface area (Å²) in [6.07, 6.45) is 2.83. The summed E-state index contributed by atoms with van der Waals surface area (Å²) < 4.78 is 20.2. The van der Waals surface area contributed by atoms with Crippen LogP contribution in [0.3, 0.4) is 0 Å². The Morgan fingerprint density at radius 3 is 2.53 bits per heavy atom. The van der Waals surface area contributed by atoms with Crippen LogP contribution in [0.4, 0.5) is 4.39 Å². The first-order chi connectivity index (χ1) is 14.5. The molecule has 2 aromatic heterocycles. The molecule has 0 unspecified atom stereocenters. The molecule has 2 heterocycles. The van der Waals surface area contributed by atoms with Crippen LogP contribution in [0.2, 0.25) is 0 Å². The molecule has 152 valence electrons. The van der Waals surface area contributed by atoms with E-state index >= 15 is 0 Å². The summed E-state index contributed by atoms with van der Waals surface area (Å²) in [5.41, 5.74) is 0.844. The SMILES string of the molecule is CCCOc1ccc(/C=c2\sc3nc(=O)c(Cc4ccc(F)cc4)nn3c2=O)cc1. The molecule has 2 aromatic carbocycles. The molecule has 4 aromatic rings. The Bertz CT molecular complexity index is 1350. The van der Waals surface area contributed by atoms with Crippen LogP contribution in [-0.2, 0) is 6.42 Å². The zero-order valence-corrected chi connectivity index (χ0v) is 17.0. The summed E-state index contributed by atoms with van der Waals surface area (Å²) >= 11 is 1.11. The minimum Gasteiger partial charge on any atom is -0.494 e. The molecular weight excluding hydrogens is 405 g/mol. The molecule has 0 atom stereocenters. The minimum absolute atomic E-state index is 0.137. The molecule has 8 heteroatoms. The lowest BCUT2D eigenvalue weighted by Crippen LogP contribution is -2.28. The van der Waals surface area contributed by atoms with Gasteiger partial charge in [-0.3, -0.25) is 9.59 Å². The lowest BCUT2D eigenvalue weighted by Gasteiger charge is -2.03. The predicted octanol–water partition coefficient (Wildman–Crippen LogP) is 2.58. The van der Waals surface area contributed by atoms with Crippen LogP contribution in [0, 0.1) is 5.82 Å². The van der Waals surface area contributed by atoms with Crippen LogP contribution in [0.15, 0.2) is 58.1 Å². The van der Waals surface area contributed by atoms with E-state index in [0.29, 0.717) is 16.7 Å². The first kappa shape index (κ1) is 19.9. The molecule has 0 saturated carbocycles. The molecule has 0 saturated heterocycles. The Morgan fingerprint density at radius 1 is 1.10 bits per heavy atom. The van der Waals surface area contributed by atoms with E-state index in [0.717, 1.165) is 33.6 Å². The first-order valence-electron chi connectivity index (χ1n) is 9.45. The van der Waals surface area contributed by atoms with Gasteiger partial charge in [0.1, 0.15) is 17.3 Å². The monoisotopic (exact) mass is 423 g/mol. The van der Waals surface area contributed by atoms with Gasteiger partial charge < -0.3 is 4.74 Å². The van der Waals surface area contributed by atoms with E-state index in [1.165, 1.54) is 12.1 Å². The fourth-order valence-electron chi connectivity index (χ4n) is 2.88. The van der Waals surface area contributed by atoms with Crippen LogP contribution < -0.4 is 20.4 Å². The zero-order valence-electron chi connectivity index (χ0n) is 16.2. The standard InChI is InChI=1S/C22H18FN3O3S/c1-2-11-29-17-9-5-15(6-10-17)13-19-21(28)26-22(30-19)24-20(27)18(25-26)12-14-3-7-16(23)8-4-14/h3-10,13H,2,11-12H2,1H3/b19-13-. The smallest absolute Gasteiger partial charge is 0.296 e. The molecule has 0 aliphatic heterocycles. The first-order valence-corrected chi connectivity index (χ1v) is 10.3. The fourth-order valence-corrected chi connectivity index (χ4v) is 3.78. The Hall–Kier alpha value is -3.39. The van der Waals surface area contributed by atoms with E-state index in [-0.39, 0.29) is 28.5 Å². The van der Waals surface area contributed by atoms with Crippen LogP contribution in [-0.4, -0.2) is 21.2 Å². The second-order valence-electron chi connectivity index (χ2n) is 6.69. The third-order valence-corrected chi connectivity index (χ3v) is 5.35. The van der Waals surface area contributed by atoms with Crippen molar-refractivity contribution in [2.75, 3.05) is 6.61 Å². The summed E-state index contributed by atoms with van der Waals surface area (Å²) in [4.78, 5) is 29.3. The van der Waals surface area contributed by atoms with Crippen molar-refractivity contribution in [3.63, 3.8) is 0 Å². The van der Waals surface area contributed by atoms with Gasteiger partial charge in [-0.25, -0.2) is 4.39 Å². The van der Waals surface area contributed by atoms with E-state index in [1.54, 1.807) is 18.2 Å². The highest BCUT2D eigenvalue weighted by molar-refractivity contribution is 7.15. The highest BCUT2D eigenvalue weighted by Gasteiger charge is 2.12.